The van der Waals surface area contributed by atoms with E-state index in [0.29, 0.717) is 17.0 Å². The molecule has 0 saturated carbocycles. The van der Waals surface area contributed by atoms with E-state index in [1.54, 1.807) is 30.3 Å². The summed E-state index contributed by atoms with van der Waals surface area (Å²) in [6, 6.07) is 12.6. The van der Waals surface area contributed by atoms with E-state index < -0.39 is 10.0 Å². The molecule has 0 aliphatic rings. The Labute approximate surface area is 142 Å². The second-order valence-corrected chi connectivity index (χ2v) is 8.11. The molecule has 0 bridgehead atoms. The van der Waals surface area contributed by atoms with Crippen LogP contribution < -0.4 is 9.46 Å². The van der Waals surface area contributed by atoms with E-state index in [-0.39, 0.29) is 16.3 Å². The van der Waals surface area contributed by atoms with Crippen molar-refractivity contribution in [3.05, 3.63) is 54.1 Å². The number of hydrogen-bond donors (Lipinski definition) is 1. The molecule has 128 valence electrons. The number of ketones is 1. The van der Waals surface area contributed by atoms with Crippen LogP contribution in [-0.4, -0.2) is 19.8 Å². The molecule has 0 unspecified atom stereocenters. The lowest BCUT2D eigenvalue weighted by atomic mass is 10.1. The summed E-state index contributed by atoms with van der Waals surface area (Å²) in [6.45, 7) is 7.19. The fourth-order valence-corrected chi connectivity index (χ4v) is 3.11. The molecule has 0 heterocycles. The van der Waals surface area contributed by atoms with Gasteiger partial charge in [0.15, 0.2) is 5.78 Å². The van der Waals surface area contributed by atoms with E-state index in [0.717, 1.165) is 0 Å². The fraction of sp³-hybridized carbons (Fsp3) is 0.278. The number of benzene rings is 2. The lowest BCUT2D eigenvalue weighted by Crippen LogP contribution is -2.23. The van der Waals surface area contributed by atoms with Crippen LogP contribution in [-0.2, 0) is 10.0 Å². The monoisotopic (exact) mass is 347 g/mol. The topological polar surface area (TPSA) is 72.5 Å². The highest BCUT2D eigenvalue weighted by atomic mass is 32.2. The molecule has 0 aliphatic heterocycles. The predicted molar refractivity (Wildman–Crippen MR) is 94.1 cm³/mol. The van der Waals surface area contributed by atoms with Crippen LogP contribution in [0.5, 0.6) is 5.75 Å². The lowest BCUT2D eigenvalue weighted by Gasteiger charge is -2.21. The van der Waals surface area contributed by atoms with Crippen LogP contribution in [0.4, 0.5) is 5.69 Å². The summed E-state index contributed by atoms with van der Waals surface area (Å²) in [5.74, 6) is 0.472. The van der Waals surface area contributed by atoms with Crippen molar-refractivity contribution in [3.63, 3.8) is 0 Å². The van der Waals surface area contributed by atoms with Crippen LogP contribution in [0.25, 0.3) is 0 Å². The maximum Gasteiger partial charge on any atom is 0.261 e. The summed E-state index contributed by atoms with van der Waals surface area (Å²) in [6.07, 6.45) is 0. The zero-order valence-corrected chi connectivity index (χ0v) is 15.0. The van der Waals surface area contributed by atoms with E-state index in [1.165, 1.54) is 25.1 Å². The molecular weight excluding hydrogens is 326 g/mol. The Morgan fingerprint density at radius 1 is 1.04 bits per heavy atom. The standard InChI is InChI=1S/C18H21NO4S/c1-13(20)14-6-5-7-15(12-14)19-24(21,22)17-10-8-16(9-11-17)23-18(2,3)4/h5-12,19H,1-4H3. The Morgan fingerprint density at radius 3 is 2.21 bits per heavy atom. The van der Waals surface area contributed by atoms with Gasteiger partial charge in [0.1, 0.15) is 11.4 Å². The van der Waals surface area contributed by atoms with Crippen LogP contribution in [0, 0.1) is 0 Å². The Morgan fingerprint density at radius 2 is 1.67 bits per heavy atom. The summed E-state index contributed by atoms with van der Waals surface area (Å²) < 4.78 is 33.0. The summed E-state index contributed by atoms with van der Waals surface area (Å²) in [4.78, 5) is 11.5. The Kier molecular flexibility index (Phi) is 4.99. The molecule has 1 N–H and O–H groups in total. The van der Waals surface area contributed by atoms with E-state index >= 15 is 0 Å². The van der Waals surface area contributed by atoms with Gasteiger partial charge in [-0.15, -0.1) is 0 Å². The third-order valence-corrected chi connectivity index (χ3v) is 4.48. The van der Waals surface area contributed by atoms with Crippen molar-refractivity contribution >= 4 is 21.5 Å². The zero-order valence-electron chi connectivity index (χ0n) is 14.2. The summed E-state index contributed by atoms with van der Waals surface area (Å²) in [5, 5.41) is 0. The van der Waals surface area contributed by atoms with Crippen LogP contribution >= 0.6 is 0 Å². The number of rotatable bonds is 5. The quantitative estimate of drug-likeness (QED) is 0.834. The first-order valence-corrected chi connectivity index (χ1v) is 8.98. The van der Waals surface area contributed by atoms with Gasteiger partial charge in [0, 0.05) is 11.3 Å². The third-order valence-electron chi connectivity index (χ3n) is 3.08. The molecule has 0 radical (unpaired) electrons. The largest absolute Gasteiger partial charge is 0.488 e. The number of Topliss-reactive ketones (excluding diaryl/α,β-unsaturated/α-hetero) is 1. The molecule has 6 heteroatoms. The van der Waals surface area contributed by atoms with Gasteiger partial charge in [0.05, 0.1) is 4.90 Å². The average Bonchev–Trinajstić information content (AvgIpc) is 2.46. The number of hydrogen-bond acceptors (Lipinski definition) is 4. The normalized spacial score (nSPS) is 11.8. The highest BCUT2D eigenvalue weighted by Gasteiger charge is 2.16. The van der Waals surface area contributed by atoms with Gasteiger partial charge in [-0.05, 0) is 64.1 Å². The van der Waals surface area contributed by atoms with Crippen LogP contribution in [0.15, 0.2) is 53.4 Å². The molecule has 0 aromatic heterocycles. The van der Waals surface area contributed by atoms with Crippen LogP contribution in [0.2, 0.25) is 0 Å². The second kappa shape index (κ2) is 6.65. The van der Waals surface area contributed by atoms with Crippen molar-refractivity contribution in [3.8, 4) is 5.75 Å². The highest BCUT2D eigenvalue weighted by molar-refractivity contribution is 7.92. The zero-order chi connectivity index (χ0) is 18.0. The molecule has 0 amide bonds. The van der Waals surface area contributed by atoms with Crippen molar-refractivity contribution in [2.75, 3.05) is 4.72 Å². The minimum Gasteiger partial charge on any atom is -0.488 e. The summed E-state index contributed by atoms with van der Waals surface area (Å²) >= 11 is 0. The molecule has 0 spiro atoms. The van der Waals surface area contributed by atoms with Gasteiger partial charge in [0.2, 0.25) is 0 Å². The van der Waals surface area contributed by atoms with Crippen molar-refractivity contribution < 1.29 is 17.9 Å². The van der Waals surface area contributed by atoms with Crippen LogP contribution in [0.3, 0.4) is 0 Å². The third kappa shape index (κ3) is 4.83. The number of sulfonamides is 1. The molecule has 2 aromatic rings. The minimum absolute atomic E-state index is 0.122. The molecule has 5 nitrogen and oxygen atoms in total. The minimum atomic E-state index is -3.73. The van der Waals surface area contributed by atoms with E-state index in [1.807, 2.05) is 20.8 Å². The van der Waals surface area contributed by atoms with Gasteiger partial charge in [-0.3, -0.25) is 9.52 Å². The Bertz CT molecular complexity index is 834. The molecule has 24 heavy (non-hydrogen) atoms. The fourth-order valence-electron chi connectivity index (χ4n) is 2.06. The first-order chi connectivity index (χ1) is 11.1. The van der Waals surface area contributed by atoms with Gasteiger partial charge >= 0.3 is 0 Å². The highest BCUT2D eigenvalue weighted by Crippen LogP contribution is 2.22. The molecule has 2 aromatic carbocycles. The predicted octanol–water partition coefficient (Wildman–Crippen LogP) is 3.87. The molecular formula is C18H21NO4S. The van der Waals surface area contributed by atoms with Gasteiger partial charge in [-0.1, -0.05) is 12.1 Å². The number of carbonyl (C=O) groups excluding carboxylic acids is 1. The van der Waals surface area contributed by atoms with Gasteiger partial charge < -0.3 is 4.74 Å². The van der Waals surface area contributed by atoms with Gasteiger partial charge in [-0.25, -0.2) is 8.42 Å². The van der Waals surface area contributed by atoms with Gasteiger partial charge in [0.25, 0.3) is 10.0 Å². The first kappa shape index (κ1) is 18.0. The summed E-state index contributed by atoms with van der Waals surface area (Å²) in [7, 11) is -3.73. The van der Waals surface area contributed by atoms with Crippen molar-refractivity contribution in [2.45, 2.75) is 38.2 Å². The van der Waals surface area contributed by atoms with Crippen molar-refractivity contribution in [1.29, 1.82) is 0 Å². The summed E-state index contributed by atoms with van der Waals surface area (Å²) in [5.41, 5.74) is 0.438. The lowest BCUT2D eigenvalue weighted by molar-refractivity contribution is 0.101. The molecule has 0 aliphatic carbocycles. The molecule has 0 saturated heterocycles. The average molecular weight is 347 g/mol. The number of nitrogens with one attached hydrogen (secondary N) is 1. The molecule has 0 atom stereocenters. The van der Waals surface area contributed by atoms with Gasteiger partial charge in [-0.2, -0.15) is 0 Å². The first-order valence-electron chi connectivity index (χ1n) is 7.50. The number of ether oxygens (including phenoxy) is 1. The number of carbonyl (C=O) groups is 1. The van der Waals surface area contributed by atoms with E-state index in [4.69, 9.17) is 4.74 Å². The van der Waals surface area contributed by atoms with Crippen molar-refractivity contribution in [1.82, 2.24) is 0 Å². The number of anilines is 1. The Hall–Kier alpha value is -2.34. The van der Waals surface area contributed by atoms with E-state index in [2.05, 4.69) is 4.72 Å². The smallest absolute Gasteiger partial charge is 0.261 e. The molecule has 2 rings (SSSR count). The SMILES string of the molecule is CC(=O)c1cccc(NS(=O)(=O)c2ccc(OC(C)(C)C)cc2)c1. The maximum absolute atomic E-state index is 12.4. The van der Waals surface area contributed by atoms with Crippen molar-refractivity contribution in [2.24, 2.45) is 0 Å². The molecule has 0 fully saturated rings. The maximum atomic E-state index is 12.4. The van der Waals surface area contributed by atoms with Crippen LogP contribution in [0.1, 0.15) is 38.1 Å². The Balaban J connectivity index is 2.21. The van der Waals surface area contributed by atoms with E-state index in [9.17, 15) is 13.2 Å². The second-order valence-electron chi connectivity index (χ2n) is 6.43.